The van der Waals surface area contributed by atoms with Crippen molar-refractivity contribution in [2.75, 3.05) is 36.5 Å². The molecule has 0 bridgehead atoms. The number of aromatic nitrogens is 2. The van der Waals surface area contributed by atoms with Gasteiger partial charge in [-0.3, -0.25) is 4.79 Å². The van der Waals surface area contributed by atoms with Crippen molar-refractivity contribution in [1.82, 2.24) is 15.3 Å². The molecular formula is C32H41N5O2SSi. The van der Waals surface area contributed by atoms with Gasteiger partial charge in [-0.1, -0.05) is 20.8 Å². The maximum absolute atomic E-state index is 12.7. The van der Waals surface area contributed by atoms with E-state index in [-0.39, 0.29) is 17.0 Å². The summed E-state index contributed by atoms with van der Waals surface area (Å²) in [7, 11) is -1.70. The zero-order valence-corrected chi connectivity index (χ0v) is 26.8. The molecule has 2 aliphatic heterocycles. The summed E-state index contributed by atoms with van der Waals surface area (Å²) < 4.78 is 7.60. The van der Waals surface area contributed by atoms with Gasteiger partial charge in [0.2, 0.25) is 0 Å². The van der Waals surface area contributed by atoms with Gasteiger partial charge in [0.1, 0.15) is 10.7 Å². The van der Waals surface area contributed by atoms with Crippen LogP contribution in [0.1, 0.15) is 50.2 Å². The zero-order chi connectivity index (χ0) is 28.9. The van der Waals surface area contributed by atoms with E-state index >= 15 is 0 Å². The molecule has 0 saturated carbocycles. The average Bonchev–Trinajstić information content (AvgIpc) is 3.27. The third kappa shape index (κ3) is 5.47. The predicted molar refractivity (Wildman–Crippen MR) is 174 cm³/mol. The van der Waals surface area contributed by atoms with Crippen LogP contribution in [0.4, 0.5) is 11.5 Å². The van der Waals surface area contributed by atoms with Gasteiger partial charge in [0.25, 0.3) is 5.91 Å². The van der Waals surface area contributed by atoms with E-state index in [1.165, 1.54) is 11.3 Å². The maximum atomic E-state index is 12.7. The number of amides is 1. The number of anilines is 2. The van der Waals surface area contributed by atoms with Gasteiger partial charge in [-0.05, 0) is 80.2 Å². The summed E-state index contributed by atoms with van der Waals surface area (Å²) in [5, 5.41) is 8.96. The lowest BCUT2D eigenvalue weighted by Gasteiger charge is -2.39. The second-order valence-electron chi connectivity index (χ2n) is 13.2. The molecule has 0 spiro atoms. The quantitative estimate of drug-likeness (QED) is 0.239. The van der Waals surface area contributed by atoms with Crippen molar-refractivity contribution in [3.63, 3.8) is 0 Å². The molecule has 9 heteroatoms. The molecule has 2 N–H and O–H groups in total. The highest BCUT2D eigenvalue weighted by molar-refractivity contribution is 7.21. The normalized spacial score (nSPS) is 18.7. The Labute approximate surface area is 247 Å². The molecule has 0 unspecified atom stereocenters. The van der Waals surface area contributed by atoms with E-state index in [4.69, 9.17) is 14.4 Å². The Morgan fingerprint density at radius 3 is 2.59 bits per heavy atom. The fraction of sp³-hybridized carbons (Fsp3) is 0.469. The first-order valence-electron chi connectivity index (χ1n) is 14.8. The second-order valence-corrected chi connectivity index (χ2v) is 19.0. The number of carbonyl (C=O) groups is 1. The number of nitrogens with zero attached hydrogens (tertiary/aromatic N) is 3. The van der Waals surface area contributed by atoms with Gasteiger partial charge in [-0.25, -0.2) is 9.97 Å². The number of hydrogen-bond acceptors (Lipinski definition) is 7. The van der Waals surface area contributed by atoms with E-state index in [2.05, 4.69) is 85.8 Å². The minimum atomic E-state index is -1.70. The van der Waals surface area contributed by atoms with Crippen LogP contribution in [0.3, 0.4) is 0 Å². The largest absolute Gasteiger partial charge is 0.417 e. The average molecular weight is 588 g/mol. The maximum Gasteiger partial charge on any atom is 0.263 e. The molecule has 1 amide bonds. The second kappa shape index (κ2) is 10.7. The lowest BCUT2D eigenvalue weighted by Crippen LogP contribution is -2.43. The Balaban J connectivity index is 1.16. The summed E-state index contributed by atoms with van der Waals surface area (Å²) in [5.74, 6) is 1.64. The van der Waals surface area contributed by atoms with Gasteiger partial charge in [0.15, 0.2) is 8.32 Å². The highest BCUT2D eigenvalue weighted by atomic mass is 32.1. The van der Waals surface area contributed by atoms with Crippen LogP contribution in [0.25, 0.3) is 32.2 Å². The Morgan fingerprint density at radius 1 is 1.10 bits per heavy atom. The van der Waals surface area contributed by atoms with E-state index in [1.54, 1.807) is 0 Å². The molecule has 1 saturated heterocycles. The third-order valence-electron chi connectivity index (χ3n) is 9.16. The fourth-order valence-corrected chi connectivity index (χ4v) is 7.67. The summed E-state index contributed by atoms with van der Waals surface area (Å²) in [6, 6.07) is 12.7. The molecule has 41 heavy (non-hydrogen) atoms. The van der Waals surface area contributed by atoms with Crippen LogP contribution < -0.4 is 15.5 Å². The van der Waals surface area contributed by atoms with Crippen LogP contribution >= 0.6 is 11.3 Å². The van der Waals surface area contributed by atoms with Crippen LogP contribution in [0, 0.1) is 5.92 Å². The highest BCUT2D eigenvalue weighted by Crippen LogP contribution is 2.41. The molecule has 1 atom stereocenters. The molecule has 0 aliphatic carbocycles. The van der Waals surface area contributed by atoms with Crippen molar-refractivity contribution in [3.8, 4) is 11.3 Å². The smallest absolute Gasteiger partial charge is 0.263 e. The van der Waals surface area contributed by atoms with Crippen molar-refractivity contribution in [2.24, 2.45) is 5.92 Å². The van der Waals surface area contributed by atoms with E-state index < -0.39 is 8.32 Å². The number of hydrogen-bond donors (Lipinski definition) is 2. The Kier molecular flexibility index (Phi) is 7.32. The molecule has 5 heterocycles. The SMILES string of the molecule is C[C@@H]1CNc2c(sc3ccc4nc(-c5ccc(N6CCC(CO[Si](C)(C)C(C)(C)C)CC6)nc5)ccc4c23)C(=O)N1. The lowest BCUT2D eigenvalue weighted by molar-refractivity contribution is 0.0949. The fourth-order valence-electron chi connectivity index (χ4n) is 5.48. The summed E-state index contributed by atoms with van der Waals surface area (Å²) in [4.78, 5) is 25.7. The molecule has 7 nitrogen and oxygen atoms in total. The molecule has 4 aromatic rings. The molecule has 1 fully saturated rings. The summed E-state index contributed by atoms with van der Waals surface area (Å²) in [6.07, 6.45) is 4.22. The minimum absolute atomic E-state index is 0.00806. The highest BCUT2D eigenvalue weighted by Gasteiger charge is 2.38. The van der Waals surface area contributed by atoms with E-state index in [9.17, 15) is 4.79 Å². The molecular weight excluding hydrogens is 547 g/mol. The van der Waals surface area contributed by atoms with Crippen molar-refractivity contribution in [3.05, 3.63) is 47.5 Å². The van der Waals surface area contributed by atoms with Crippen LogP contribution in [0.5, 0.6) is 0 Å². The van der Waals surface area contributed by atoms with E-state index in [0.717, 1.165) is 81.2 Å². The van der Waals surface area contributed by atoms with Gasteiger partial charge in [-0.2, -0.15) is 0 Å². The third-order valence-corrected chi connectivity index (χ3v) is 14.8. The first kappa shape index (κ1) is 28.1. The standard InChI is InChI=1S/C32H41N5O2SSi/c1-20-17-34-29-28-23-8-9-24(36-25(23)10-11-26(28)40-30(29)31(38)35-20)22-7-12-27(33-18-22)37-15-13-21(14-16-37)19-39-41(5,6)32(2,3)4/h7-12,18,20-21,34H,13-17,19H2,1-6H3,(H,35,38)/t20-/m1/s1. The number of piperidine rings is 1. The molecule has 2 aliphatic rings. The summed E-state index contributed by atoms with van der Waals surface area (Å²) in [5.41, 5.74) is 3.75. The van der Waals surface area contributed by atoms with Gasteiger partial charge < -0.3 is 20.0 Å². The molecule has 0 radical (unpaired) electrons. The zero-order valence-electron chi connectivity index (χ0n) is 25.0. The van der Waals surface area contributed by atoms with Crippen molar-refractivity contribution in [1.29, 1.82) is 0 Å². The van der Waals surface area contributed by atoms with Gasteiger partial charge >= 0.3 is 0 Å². The van der Waals surface area contributed by atoms with Crippen LogP contribution in [0.15, 0.2) is 42.6 Å². The molecule has 216 valence electrons. The minimum Gasteiger partial charge on any atom is -0.417 e. The molecule has 3 aromatic heterocycles. The van der Waals surface area contributed by atoms with Crippen molar-refractivity contribution in [2.45, 2.75) is 64.7 Å². The summed E-state index contributed by atoms with van der Waals surface area (Å²) >= 11 is 1.54. The van der Waals surface area contributed by atoms with Crippen LogP contribution in [-0.4, -0.2) is 56.5 Å². The van der Waals surface area contributed by atoms with Gasteiger partial charge in [0, 0.05) is 59.5 Å². The lowest BCUT2D eigenvalue weighted by atomic mass is 9.98. The monoisotopic (exact) mass is 587 g/mol. The van der Waals surface area contributed by atoms with E-state index in [1.807, 2.05) is 13.1 Å². The van der Waals surface area contributed by atoms with E-state index in [0.29, 0.717) is 12.5 Å². The Morgan fingerprint density at radius 2 is 1.88 bits per heavy atom. The first-order valence-corrected chi connectivity index (χ1v) is 18.5. The number of thiophene rings is 1. The number of pyridine rings is 2. The number of rotatable bonds is 5. The number of carbonyl (C=O) groups excluding carboxylic acids is 1. The van der Waals surface area contributed by atoms with Crippen LogP contribution in [-0.2, 0) is 4.43 Å². The Bertz CT molecular complexity index is 1590. The first-order chi connectivity index (χ1) is 19.5. The number of nitrogens with one attached hydrogen (secondary N) is 2. The Hall–Kier alpha value is -3.01. The number of benzene rings is 1. The van der Waals surface area contributed by atoms with Crippen molar-refractivity contribution < 1.29 is 9.22 Å². The predicted octanol–water partition coefficient (Wildman–Crippen LogP) is 7.29. The van der Waals surface area contributed by atoms with Crippen LogP contribution in [0.2, 0.25) is 18.1 Å². The van der Waals surface area contributed by atoms with Gasteiger partial charge in [-0.15, -0.1) is 11.3 Å². The summed E-state index contributed by atoms with van der Waals surface area (Å²) in [6.45, 7) is 17.2. The number of fused-ring (bicyclic) bond motifs is 5. The topological polar surface area (TPSA) is 79.4 Å². The van der Waals surface area contributed by atoms with Crippen molar-refractivity contribution >= 4 is 58.1 Å². The van der Waals surface area contributed by atoms with Gasteiger partial charge in [0.05, 0.1) is 16.9 Å². The molecule has 6 rings (SSSR count). The molecule has 1 aromatic carbocycles.